The normalized spacial score (nSPS) is 17.8. The van der Waals surface area contributed by atoms with Crippen molar-refractivity contribution in [2.45, 2.75) is 6.54 Å². The van der Waals surface area contributed by atoms with Crippen molar-refractivity contribution in [1.29, 1.82) is 0 Å². The van der Waals surface area contributed by atoms with Gasteiger partial charge in [-0.3, -0.25) is 19.2 Å². The van der Waals surface area contributed by atoms with Crippen molar-refractivity contribution >= 4 is 28.8 Å². The number of hydrogen-bond acceptors (Lipinski definition) is 10. The van der Waals surface area contributed by atoms with Crippen molar-refractivity contribution in [3.8, 4) is 16.5 Å². The number of thiazole rings is 1. The number of aromatic nitrogens is 4. The Morgan fingerprint density at radius 3 is 2.83 bits per heavy atom. The molecule has 3 N–H and O–H groups in total. The molecule has 2 amide bonds. The van der Waals surface area contributed by atoms with E-state index in [4.69, 9.17) is 9.47 Å². The topological polar surface area (TPSA) is 136 Å². The number of fused-ring (bicyclic) bond motifs is 6. The monoisotopic (exact) mass is 512 g/mol. The van der Waals surface area contributed by atoms with Crippen LogP contribution in [0.3, 0.4) is 0 Å². The molecule has 0 radical (unpaired) electrons. The van der Waals surface area contributed by atoms with Gasteiger partial charge in [-0.1, -0.05) is 0 Å². The maximum Gasteiger partial charge on any atom is 0.275 e. The Bertz CT molecular complexity index is 1210. The Kier molecular flexibility index (Phi) is 7.81. The van der Waals surface area contributed by atoms with E-state index in [9.17, 15) is 9.59 Å². The predicted octanol–water partition coefficient (Wildman–Crippen LogP) is 0.698. The van der Waals surface area contributed by atoms with Gasteiger partial charge in [0.05, 0.1) is 31.6 Å². The summed E-state index contributed by atoms with van der Waals surface area (Å²) < 4.78 is 12.9. The first kappa shape index (κ1) is 24.3. The van der Waals surface area contributed by atoms with Gasteiger partial charge in [0.1, 0.15) is 23.0 Å². The van der Waals surface area contributed by atoms with Gasteiger partial charge in [-0.15, -0.1) is 11.3 Å². The number of hydrogen-bond donors (Lipinski definition) is 3. The number of nitrogens with one attached hydrogen (secondary N) is 3. The lowest BCUT2D eigenvalue weighted by Gasteiger charge is -2.27. The van der Waals surface area contributed by atoms with Crippen LogP contribution in [0.5, 0.6) is 5.88 Å². The summed E-state index contributed by atoms with van der Waals surface area (Å²) in [5.41, 5.74) is 1.70. The summed E-state index contributed by atoms with van der Waals surface area (Å²) in [7, 11) is 0. The smallest absolute Gasteiger partial charge is 0.275 e. The standard InChI is InChI=1S/C23H28N8O4S/c32-21-18-15-36-23(29-18)16-1-2-25-19(13-16)35-12-11-34-10-5-26-22(33)20-17(28-21)14-27-31(20)9-8-30-6-3-24-4-7-30/h1-2,13-15,24H,3-12H2,(H,26,33)(H,28,32). The molecule has 1 saturated heterocycles. The van der Waals surface area contributed by atoms with Crippen molar-refractivity contribution in [3.63, 3.8) is 0 Å². The lowest BCUT2D eigenvalue weighted by atomic mass is 10.3. The zero-order chi connectivity index (χ0) is 24.7. The number of ether oxygens (including phenoxy) is 2. The fourth-order valence-corrected chi connectivity index (χ4v) is 4.80. The highest BCUT2D eigenvalue weighted by atomic mass is 32.1. The van der Waals surface area contributed by atoms with Crippen molar-refractivity contribution in [1.82, 2.24) is 35.3 Å². The van der Waals surface area contributed by atoms with Crippen LogP contribution in [0.2, 0.25) is 0 Å². The van der Waals surface area contributed by atoms with E-state index < -0.39 is 5.91 Å². The SMILES string of the molecule is O=C1Nc2cnn(CCN3CCNCC3)c2C(=O)NCCOCCOc2cc(ccn2)-c2nc1cs2. The van der Waals surface area contributed by atoms with Gasteiger partial charge in [0.2, 0.25) is 5.88 Å². The third kappa shape index (κ3) is 5.87. The maximum absolute atomic E-state index is 13.1. The number of pyridine rings is 1. The Labute approximate surface area is 212 Å². The van der Waals surface area contributed by atoms with E-state index in [1.165, 1.54) is 17.5 Å². The molecule has 1 fully saturated rings. The molecular weight excluding hydrogens is 484 g/mol. The Balaban J connectivity index is 1.39. The second-order valence-electron chi connectivity index (χ2n) is 8.31. The summed E-state index contributed by atoms with van der Waals surface area (Å²) in [5.74, 6) is -0.296. The number of carbonyl (C=O) groups excluding carboxylic acids is 2. The Hall–Kier alpha value is -3.39. The number of nitrogens with zero attached hydrogens (tertiary/aromatic N) is 5. The molecule has 5 heterocycles. The van der Waals surface area contributed by atoms with E-state index in [0.717, 1.165) is 38.3 Å². The zero-order valence-corrected chi connectivity index (χ0v) is 20.6. The lowest BCUT2D eigenvalue weighted by Crippen LogP contribution is -2.44. The molecule has 3 aromatic rings. The number of amides is 2. The largest absolute Gasteiger partial charge is 0.475 e. The maximum atomic E-state index is 13.1. The first-order chi connectivity index (χ1) is 17.7. The second-order valence-corrected chi connectivity index (χ2v) is 9.17. The third-order valence-electron chi connectivity index (χ3n) is 5.87. The van der Waals surface area contributed by atoms with Gasteiger partial charge < -0.3 is 25.4 Å². The minimum absolute atomic E-state index is 0.253. The van der Waals surface area contributed by atoms with E-state index >= 15 is 0 Å². The summed E-state index contributed by atoms with van der Waals surface area (Å²) >= 11 is 1.34. The molecule has 12 nitrogen and oxygen atoms in total. The van der Waals surface area contributed by atoms with E-state index in [2.05, 4.69) is 35.9 Å². The van der Waals surface area contributed by atoms with E-state index in [-0.39, 0.29) is 11.6 Å². The van der Waals surface area contributed by atoms with Gasteiger partial charge in [-0.25, -0.2) is 9.97 Å². The summed E-state index contributed by atoms with van der Waals surface area (Å²) in [5, 5.41) is 15.8. The van der Waals surface area contributed by atoms with Gasteiger partial charge >= 0.3 is 0 Å². The number of rotatable bonds is 3. The molecular formula is C23H28N8O4S. The van der Waals surface area contributed by atoms with Gasteiger partial charge in [-0.2, -0.15) is 5.10 Å². The Morgan fingerprint density at radius 1 is 1.06 bits per heavy atom. The van der Waals surface area contributed by atoms with Crippen LogP contribution in [-0.4, -0.2) is 95.6 Å². The highest BCUT2D eigenvalue weighted by Gasteiger charge is 2.23. The van der Waals surface area contributed by atoms with Crippen LogP contribution in [-0.2, 0) is 11.3 Å². The third-order valence-corrected chi connectivity index (χ3v) is 6.76. The highest BCUT2D eigenvalue weighted by Crippen LogP contribution is 2.26. The lowest BCUT2D eigenvalue weighted by molar-refractivity contribution is 0.0854. The summed E-state index contributed by atoms with van der Waals surface area (Å²) in [6, 6.07) is 3.59. The number of carbonyl (C=O) groups is 2. The molecule has 0 aromatic carbocycles. The molecule has 0 spiro atoms. The van der Waals surface area contributed by atoms with Crippen LogP contribution in [0.4, 0.5) is 5.69 Å². The van der Waals surface area contributed by atoms with Crippen molar-refractivity contribution in [3.05, 3.63) is 41.3 Å². The summed E-state index contributed by atoms with van der Waals surface area (Å²) in [6.45, 7) is 6.34. The number of piperazine rings is 1. The van der Waals surface area contributed by atoms with Crippen LogP contribution < -0.4 is 20.7 Å². The van der Waals surface area contributed by atoms with Crippen LogP contribution in [0, 0.1) is 0 Å². The van der Waals surface area contributed by atoms with Crippen molar-refractivity contribution in [2.75, 3.05) is 64.4 Å². The van der Waals surface area contributed by atoms with Crippen LogP contribution in [0.15, 0.2) is 29.9 Å². The van der Waals surface area contributed by atoms with Gasteiger partial charge in [0.15, 0.2) is 0 Å². The number of anilines is 1. The molecule has 4 bridgehead atoms. The van der Waals surface area contributed by atoms with Crippen molar-refractivity contribution in [2.24, 2.45) is 0 Å². The molecule has 0 atom stereocenters. The molecule has 0 saturated carbocycles. The van der Waals surface area contributed by atoms with Crippen LogP contribution in [0.25, 0.3) is 10.6 Å². The molecule has 2 aliphatic rings. The fraction of sp³-hybridized carbons (Fsp3) is 0.435. The van der Waals surface area contributed by atoms with Crippen LogP contribution >= 0.6 is 11.3 Å². The predicted molar refractivity (Wildman–Crippen MR) is 133 cm³/mol. The van der Waals surface area contributed by atoms with Gasteiger partial charge in [0.25, 0.3) is 11.8 Å². The first-order valence-corrected chi connectivity index (χ1v) is 12.8. The van der Waals surface area contributed by atoms with Crippen molar-refractivity contribution < 1.29 is 19.1 Å². The molecule has 36 heavy (non-hydrogen) atoms. The molecule has 3 aromatic heterocycles. The molecule has 2 aliphatic heterocycles. The second kappa shape index (κ2) is 11.6. The fourth-order valence-electron chi connectivity index (χ4n) is 4.00. The highest BCUT2D eigenvalue weighted by molar-refractivity contribution is 7.13. The average molecular weight is 513 g/mol. The molecule has 0 unspecified atom stereocenters. The Morgan fingerprint density at radius 2 is 1.94 bits per heavy atom. The van der Waals surface area contributed by atoms with Gasteiger partial charge in [-0.05, 0) is 6.07 Å². The zero-order valence-electron chi connectivity index (χ0n) is 19.7. The van der Waals surface area contributed by atoms with E-state index in [0.29, 0.717) is 55.2 Å². The van der Waals surface area contributed by atoms with E-state index in [1.807, 2.05) is 6.07 Å². The first-order valence-electron chi connectivity index (χ1n) is 11.9. The van der Waals surface area contributed by atoms with Crippen LogP contribution in [0.1, 0.15) is 21.0 Å². The molecule has 190 valence electrons. The summed E-state index contributed by atoms with van der Waals surface area (Å²) in [4.78, 5) is 37.2. The quantitative estimate of drug-likeness (QED) is 0.463. The minimum atomic E-state index is -0.414. The van der Waals surface area contributed by atoms with E-state index in [1.54, 1.807) is 22.3 Å². The molecule has 13 heteroatoms. The molecule has 0 aliphatic carbocycles. The van der Waals surface area contributed by atoms with Gasteiger partial charge in [0, 0.05) is 62.5 Å². The average Bonchev–Trinajstić information content (AvgIpc) is 3.55. The molecule has 5 rings (SSSR count). The summed E-state index contributed by atoms with van der Waals surface area (Å²) in [6.07, 6.45) is 3.15. The minimum Gasteiger partial charge on any atom is -0.475 e.